The van der Waals surface area contributed by atoms with Crippen LogP contribution in [0.5, 0.6) is 0 Å². The summed E-state index contributed by atoms with van der Waals surface area (Å²) >= 11 is 7.29. The Morgan fingerprint density at radius 1 is 1.33 bits per heavy atom. The van der Waals surface area contributed by atoms with Crippen molar-refractivity contribution >= 4 is 22.9 Å². The van der Waals surface area contributed by atoms with Crippen LogP contribution in [0.25, 0.3) is 22.3 Å². The van der Waals surface area contributed by atoms with Crippen molar-refractivity contribution in [3.8, 4) is 22.3 Å². The fourth-order valence-electron chi connectivity index (χ4n) is 1.79. The van der Waals surface area contributed by atoms with Gasteiger partial charge in [-0.2, -0.15) is 4.98 Å². The Balaban J connectivity index is 1.74. The standard InChI is InChI=1S/C12H13ClN6OS/c13-10-4-3-9(21-10)11-15-12(20-17-11)8-7-19(18-16-8)6-2-1-5-14/h3-4,7H,1-2,5-6,14H2. The summed E-state index contributed by atoms with van der Waals surface area (Å²) in [5, 5.41) is 12.0. The van der Waals surface area contributed by atoms with Crippen molar-refractivity contribution in [1.82, 2.24) is 25.1 Å². The van der Waals surface area contributed by atoms with Gasteiger partial charge in [-0.25, -0.2) is 0 Å². The summed E-state index contributed by atoms with van der Waals surface area (Å²) in [7, 11) is 0. The molecule has 0 aliphatic rings. The van der Waals surface area contributed by atoms with Gasteiger partial charge in [0.1, 0.15) is 0 Å². The van der Waals surface area contributed by atoms with Gasteiger partial charge in [0, 0.05) is 6.54 Å². The van der Waals surface area contributed by atoms with Crippen molar-refractivity contribution in [3.63, 3.8) is 0 Å². The van der Waals surface area contributed by atoms with E-state index in [4.69, 9.17) is 21.9 Å². The first-order chi connectivity index (χ1) is 10.3. The third-order valence-corrected chi connectivity index (χ3v) is 4.05. The molecular formula is C12H13ClN6OS. The molecule has 0 aliphatic heterocycles. The van der Waals surface area contributed by atoms with E-state index < -0.39 is 0 Å². The highest BCUT2D eigenvalue weighted by Crippen LogP contribution is 2.30. The molecule has 9 heteroatoms. The minimum Gasteiger partial charge on any atom is -0.332 e. The largest absolute Gasteiger partial charge is 0.332 e. The molecule has 0 amide bonds. The number of aromatic nitrogens is 5. The Bertz CT molecular complexity index is 721. The minimum absolute atomic E-state index is 0.347. The van der Waals surface area contributed by atoms with E-state index in [0.29, 0.717) is 28.3 Å². The number of unbranched alkanes of at least 4 members (excludes halogenated alkanes) is 1. The highest BCUT2D eigenvalue weighted by molar-refractivity contribution is 7.19. The van der Waals surface area contributed by atoms with Gasteiger partial charge < -0.3 is 10.3 Å². The Labute approximate surface area is 129 Å². The molecule has 0 unspecified atom stereocenters. The van der Waals surface area contributed by atoms with Crippen LogP contribution in [-0.4, -0.2) is 31.7 Å². The number of nitrogens with two attached hydrogens (primary N) is 1. The average Bonchev–Trinajstić information content (AvgIpc) is 3.17. The molecule has 0 bridgehead atoms. The van der Waals surface area contributed by atoms with E-state index in [0.717, 1.165) is 24.3 Å². The molecule has 0 atom stereocenters. The average molecular weight is 325 g/mol. The molecule has 3 aromatic heterocycles. The van der Waals surface area contributed by atoms with Crippen LogP contribution in [0.15, 0.2) is 22.9 Å². The maximum absolute atomic E-state index is 5.90. The molecule has 21 heavy (non-hydrogen) atoms. The van der Waals surface area contributed by atoms with Gasteiger partial charge in [0.25, 0.3) is 5.89 Å². The molecule has 0 saturated carbocycles. The van der Waals surface area contributed by atoms with Gasteiger partial charge in [0.05, 0.1) is 15.4 Å². The van der Waals surface area contributed by atoms with Crippen LogP contribution in [0.3, 0.4) is 0 Å². The molecule has 3 aromatic rings. The molecule has 7 nitrogen and oxygen atoms in total. The minimum atomic E-state index is 0.347. The van der Waals surface area contributed by atoms with Crippen molar-refractivity contribution < 1.29 is 4.52 Å². The fourth-order valence-corrected chi connectivity index (χ4v) is 2.75. The van der Waals surface area contributed by atoms with E-state index in [9.17, 15) is 0 Å². The Morgan fingerprint density at radius 3 is 3.00 bits per heavy atom. The van der Waals surface area contributed by atoms with E-state index in [1.165, 1.54) is 11.3 Å². The summed E-state index contributed by atoms with van der Waals surface area (Å²) < 4.78 is 7.65. The lowest BCUT2D eigenvalue weighted by molar-refractivity contribution is 0.431. The zero-order valence-corrected chi connectivity index (χ0v) is 12.6. The van der Waals surface area contributed by atoms with Crippen molar-refractivity contribution in [2.75, 3.05) is 6.54 Å². The van der Waals surface area contributed by atoms with Crippen LogP contribution in [0, 0.1) is 0 Å². The van der Waals surface area contributed by atoms with E-state index >= 15 is 0 Å². The summed E-state index contributed by atoms with van der Waals surface area (Å²) in [5.41, 5.74) is 6.02. The first-order valence-corrected chi connectivity index (χ1v) is 7.65. The Hall–Kier alpha value is -1.77. The number of thiophene rings is 1. The number of nitrogens with zero attached hydrogens (tertiary/aromatic N) is 5. The second-order valence-corrected chi connectivity index (χ2v) is 6.10. The topological polar surface area (TPSA) is 95.7 Å². The van der Waals surface area contributed by atoms with Gasteiger partial charge in [0.2, 0.25) is 5.82 Å². The van der Waals surface area contributed by atoms with Gasteiger partial charge in [0.15, 0.2) is 5.69 Å². The summed E-state index contributed by atoms with van der Waals surface area (Å²) in [6.07, 6.45) is 3.70. The first kappa shape index (κ1) is 14.2. The van der Waals surface area contributed by atoms with E-state index in [-0.39, 0.29) is 0 Å². The van der Waals surface area contributed by atoms with Gasteiger partial charge >= 0.3 is 0 Å². The van der Waals surface area contributed by atoms with Crippen molar-refractivity contribution in [1.29, 1.82) is 0 Å². The monoisotopic (exact) mass is 324 g/mol. The second kappa shape index (κ2) is 6.33. The number of hydrogen-bond donors (Lipinski definition) is 1. The second-order valence-electron chi connectivity index (χ2n) is 4.39. The number of halogens is 1. The van der Waals surface area contributed by atoms with Crippen molar-refractivity contribution in [3.05, 3.63) is 22.7 Å². The SMILES string of the molecule is NCCCCn1cc(-c2nc(-c3ccc(Cl)s3)no2)nn1. The molecule has 0 aromatic carbocycles. The van der Waals surface area contributed by atoms with Crippen LogP contribution in [0.4, 0.5) is 0 Å². The van der Waals surface area contributed by atoms with E-state index in [2.05, 4.69) is 20.5 Å². The zero-order chi connectivity index (χ0) is 14.7. The quantitative estimate of drug-likeness (QED) is 0.700. The first-order valence-electron chi connectivity index (χ1n) is 6.46. The maximum atomic E-state index is 5.90. The van der Waals surface area contributed by atoms with Gasteiger partial charge in [-0.3, -0.25) is 4.68 Å². The van der Waals surface area contributed by atoms with Gasteiger partial charge in [-0.05, 0) is 31.5 Å². The number of aryl methyl sites for hydroxylation is 1. The lowest BCUT2D eigenvalue weighted by Gasteiger charge is -1.96. The van der Waals surface area contributed by atoms with Gasteiger partial charge in [-0.15, -0.1) is 16.4 Å². The highest BCUT2D eigenvalue weighted by Gasteiger charge is 2.15. The smallest absolute Gasteiger partial charge is 0.280 e. The van der Waals surface area contributed by atoms with Crippen LogP contribution in [0.1, 0.15) is 12.8 Å². The molecule has 0 radical (unpaired) electrons. The summed E-state index contributed by atoms with van der Waals surface area (Å²) in [4.78, 5) is 5.16. The molecule has 0 saturated heterocycles. The van der Waals surface area contributed by atoms with Gasteiger partial charge in [-0.1, -0.05) is 22.0 Å². The molecule has 0 spiro atoms. The van der Waals surface area contributed by atoms with Crippen molar-refractivity contribution in [2.45, 2.75) is 19.4 Å². The molecule has 3 heterocycles. The lowest BCUT2D eigenvalue weighted by atomic mass is 10.3. The molecule has 3 rings (SSSR count). The molecular weight excluding hydrogens is 312 g/mol. The van der Waals surface area contributed by atoms with Crippen LogP contribution in [-0.2, 0) is 6.54 Å². The maximum Gasteiger partial charge on any atom is 0.280 e. The van der Waals surface area contributed by atoms with E-state index in [1.807, 2.05) is 6.07 Å². The molecule has 2 N–H and O–H groups in total. The summed E-state index contributed by atoms with van der Waals surface area (Å²) in [6, 6.07) is 3.65. The number of rotatable bonds is 6. The zero-order valence-electron chi connectivity index (χ0n) is 11.1. The van der Waals surface area contributed by atoms with Crippen molar-refractivity contribution in [2.24, 2.45) is 5.73 Å². The predicted octanol–water partition coefficient (Wildman–Crippen LogP) is 2.45. The Morgan fingerprint density at radius 2 is 2.24 bits per heavy atom. The Kier molecular flexibility index (Phi) is 4.28. The predicted molar refractivity (Wildman–Crippen MR) is 79.9 cm³/mol. The number of hydrogen-bond acceptors (Lipinski definition) is 7. The fraction of sp³-hybridized carbons (Fsp3) is 0.333. The van der Waals surface area contributed by atoms with E-state index in [1.54, 1.807) is 16.9 Å². The van der Waals surface area contributed by atoms with Crippen LogP contribution in [0.2, 0.25) is 4.34 Å². The molecule has 0 aliphatic carbocycles. The summed E-state index contributed by atoms with van der Waals surface area (Å²) in [6.45, 7) is 1.45. The lowest BCUT2D eigenvalue weighted by Crippen LogP contribution is -2.03. The third-order valence-electron chi connectivity index (χ3n) is 2.82. The van der Waals surface area contributed by atoms with Crippen LogP contribution < -0.4 is 5.73 Å². The normalized spacial score (nSPS) is 11.1. The third kappa shape index (κ3) is 3.29. The molecule has 0 fully saturated rings. The highest BCUT2D eigenvalue weighted by atomic mass is 35.5. The molecule has 110 valence electrons. The van der Waals surface area contributed by atoms with Crippen LogP contribution >= 0.6 is 22.9 Å². The summed E-state index contributed by atoms with van der Waals surface area (Å²) in [5.74, 6) is 0.846.